The van der Waals surface area contributed by atoms with Gasteiger partial charge in [0.15, 0.2) is 0 Å². The van der Waals surface area contributed by atoms with E-state index in [2.05, 4.69) is 10.3 Å². The molecule has 8 heteroatoms. The van der Waals surface area contributed by atoms with Gasteiger partial charge in [-0.25, -0.2) is 0 Å². The van der Waals surface area contributed by atoms with Crippen LogP contribution >= 0.6 is 0 Å². The number of para-hydroxylation sites is 2. The number of hydrogen-bond acceptors (Lipinski definition) is 4. The molecule has 2 aromatic carbocycles. The molecule has 2 saturated heterocycles. The van der Waals surface area contributed by atoms with E-state index in [1.807, 2.05) is 75.4 Å². The van der Waals surface area contributed by atoms with Gasteiger partial charge < -0.3 is 25.5 Å². The lowest BCUT2D eigenvalue weighted by atomic mass is 9.83. The molecule has 0 saturated carbocycles. The van der Waals surface area contributed by atoms with Crippen LogP contribution in [-0.2, 0) is 4.79 Å². The molecule has 2 bridgehead atoms. The maximum Gasteiger partial charge on any atom is 0.265 e. The molecule has 190 valence electrons. The number of nitrogens with one attached hydrogen (secondary N) is 2. The molecular weight excluding hydrogens is 466 g/mol. The van der Waals surface area contributed by atoms with Crippen LogP contribution < -0.4 is 11.1 Å². The fourth-order valence-corrected chi connectivity index (χ4v) is 6.30. The van der Waals surface area contributed by atoms with E-state index in [0.29, 0.717) is 25.2 Å². The zero-order valence-electron chi connectivity index (χ0n) is 21.2. The second-order valence-electron chi connectivity index (χ2n) is 11.5. The number of benzene rings is 2. The van der Waals surface area contributed by atoms with Crippen molar-refractivity contribution >= 4 is 39.4 Å². The number of nitrogens with two attached hydrogens (primary N) is 1. The van der Waals surface area contributed by atoms with Crippen LogP contribution in [0.5, 0.6) is 0 Å². The Morgan fingerprint density at radius 3 is 2.41 bits per heavy atom. The molecule has 2 aromatic heterocycles. The Morgan fingerprint density at radius 2 is 1.73 bits per heavy atom. The number of aromatic amines is 1. The van der Waals surface area contributed by atoms with Gasteiger partial charge in [-0.15, -0.1) is 0 Å². The Hall–Kier alpha value is -3.91. The van der Waals surface area contributed by atoms with Gasteiger partial charge in [-0.1, -0.05) is 57.2 Å². The van der Waals surface area contributed by atoms with Crippen LogP contribution in [-0.4, -0.2) is 56.7 Å². The first-order valence-corrected chi connectivity index (χ1v) is 12.7. The van der Waals surface area contributed by atoms with Crippen molar-refractivity contribution in [2.45, 2.75) is 44.8 Å². The number of nitrogens with zero attached hydrogens (tertiary/aromatic N) is 2. The van der Waals surface area contributed by atoms with Crippen molar-refractivity contribution in [1.82, 2.24) is 19.8 Å². The monoisotopic (exact) mass is 497 g/mol. The summed E-state index contributed by atoms with van der Waals surface area (Å²) in [7, 11) is 0. The van der Waals surface area contributed by atoms with E-state index in [-0.39, 0.29) is 23.4 Å². The molecule has 8 nitrogen and oxygen atoms in total. The molecule has 2 aliphatic rings. The van der Waals surface area contributed by atoms with E-state index in [0.717, 1.165) is 21.8 Å². The van der Waals surface area contributed by atoms with Gasteiger partial charge in [0.05, 0.1) is 5.69 Å². The Labute approximate surface area is 214 Å². The van der Waals surface area contributed by atoms with Crippen molar-refractivity contribution in [3.63, 3.8) is 0 Å². The summed E-state index contributed by atoms with van der Waals surface area (Å²) >= 11 is 0. The number of hydrogen-bond donors (Lipinski definition) is 3. The number of aromatic nitrogens is 2. The molecule has 2 fully saturated rings. The van der Waals surface area contributed by atoms with Crippen molar-refractivity contribution in [1.29, 1.82) is 0 Å². The third-order valence-electron chi connectivity index (χ3n) is 7.96. The molecule has 0 spiro atoms. The maximum atomic E-state index is 14.6. The zero-order valence-corrected chi connectivity index (χ0v) is 21.2. The molecule has 0 unspecified atom stereocenters. The molecule has 4 heterocycles. The number of rotatable bonds is 5. The molecule has 6 rings (SSSR count). The van der Waals surface area contributed by atoms with E-state index in [4.69, 9.17) is 5.73 Å². The molecule has 2 aliphatic heterocycles. The van der Waals surface area contributed by atoms with Crippen LogP contribution in [0.25, 0.3) is 21.8 Å². The zero-order chi connectivity index (χ0) is 26.1. The number of carbonyl (C=O) groups is 3. The summed E-state index contributed by atoms with van der Waals surface area (Å²) in [5.74, 6) is -0.860. The van der Waals surface area contributed by atoms with Crippen LogP contribution in [0.15, 0.2) is 60.7 Å². The Bertz CT molecular complexity index is 1540. The highest BCUT2D eigenvalue weighted by Gasteiger charge is 2.59. The summed E-state index contributed by atoms with van der Waals surface area (Å²) in [5.41, 5.74) is 6.68. The Balaban J connectivity index is 1.46. The summed E-state index contributed by atoms with van der Waals surface area (Å²) in [6.07, 6.45) is 0.554. The van der Waals surface area contributed by atoms with E-state index < -0.39 is 22.9 Å². The van der Waals surface area contributed by atoms with Crippen LogP contribution in [0, 0.1) is 5.41 Å². The van der Waals surface area contributed by atoms with Gasteiger partial charge in [-0.3, -0.25) is 14.4 Å². The van der Waals surface area contributed by atoms with Gasteiger partial charge >= 0.3 is 0 Å². The molecule has 4 N–H and O–H groups in total. The summed E-state index contributed by atoms with van der Waals surface area (Å²) < 4.78 is 1.78. The van der Waals surface area contributed by atoms with E-state index >= 15 is 0 Å². The van der Waals surface area contributed by atoms with E-state index in [1.165, 1.54) is 0 Å². The first-order valence-electron chi connectivity index (χ1n) is 12.7. The molecule has 2 amide bonds. The fourth-order valence-electron chi connectivity index (χ4n) is 6.30. The normalized spacial score (nSPS) is 22.1. The summed E-state index contributed by atoms with van der Waals surface area (Å²) in [6, 6.07) is 18.3. The molecule has 37 heavy (non-hydrogen) atoms. The maximum absolute atomic E-state index is 14.6. The largest absolute Gasteiger partial charge is 0.364 e. The van der Waals surface area contributed by atoms with Crippen molar-refractivity contribution in [3.8, 4) is 0 Å². The van der Waals surface area contributed by atoms with Crippen molar-refractivity contribution in [2.24, 2.45) is 11.1 Å². The number of fused-ring (bicyclic) bond motifs is 4. The smallest absolute Gasteiger partial charge is 0.265 e. The van der Waals surface area contributed by atoms with Gasteiger partial charge in [-0.05, 0) is 36.1 Å². The predicted octanol–water partition coefficient (Wildman–Crippen LogP) is 3.63. The lowest BCUT2D eigenvalue weighted by Gasteiger charge is -2.42. The molecule has 0 aliphatic carbocycles. The van der Waals surface area contributed by atoms with Crippen LogP contribution in [0.4, 0.5) is 0 Å². The molecule has 0 radical (unpaired) electrons. The van der Waals surface area contributed by atoms with Crippen LogP contribution in [0.1, 0.15) is 54.2 Å². The molecule has 4 aromatic rings. The molecule has 3 atom stereocenters. The summed E-state index contributed by atoms with van der Waals surface area (Å²) in [6.45, 7) is 6.77. The third kappa shape index (κ3) is 3.50. The average molecular weight is 498 g/mol. The number of piperazine rings is 1. The topological polar surface area (TPSA) is 113 Å². The Kier molecular flexibility index (Phi) is 5.11. The standard InChI is InChI=1S/C29H31N5O3/c1-28(2,3)24(34-22-11-7-5-9-18(22)13-23(34)26(30)36)27(37)33-15-19-14-29(33,16-31-19)25(35)21-12-17-8-4-6-10-20(17)32-21/h4-13,19,24,31-32H,14-16H2,1-3H3,(H2,30,36)/t19-,24+,29-/m0/s1. The lowest BCUT2D eigenvalue weighted by Crippen LogP contribution is -2.61. The van der Waals surface area contributed by atoms with E-state index in [1.54, 1.807) is 15.5 Å². The number of H-pyrrole nitrogens is 1. The van der Waals surface area contributed by atoms with Gasteiger partial charge in [0.1, 0.15) is 17.3 Å². The van der Waals surface area contributed by atoms with E-state index in [9.17, 15) is 14.4 Å². The number of ketones is 1. The summed E-state index contributed by atoms with van der Waals surface area (Å²) in [5, 5.41) is 5.22. The number of likely N-dealkylation sites (tertiary alicyclic amines) is 1. The minimum absolute atomic E-state index is 0.0370. The van der Waals surface area contributed by atoms with Gasteiger partial charge in [0.25, 0.3) is 5.91 Å². The van der Waals surface area contributed by atoms with Crippen molar-refractivity contribution in [2.75, 3.05) is 13.1 Å². The number of carbonyl (C=O) groups excluding carboxylic acids is 3. The minimum atomic E-state index is -0.998. The molecular formula is C29H31N5O3. The first kappa shape index (κ1) is 23.5. The fraction of sp³-hybridized carbons (Fsp3) is 0.345. The second-order valence-corrected chi connectivity index (χ2v) is 11.5. The first-order chi connectivity index (χ1) is 17.6. The van der Waals surface area contributed by atoms with Gasteiger partial charge in [0, 0.05) is 40.9 Å². The number of Topliss-reactive ketones (excluding diaryl/α,β-unsaturated/α-hetero) is 1. The highest BCUT2D eigenvalue weighted by molar-refractivity contribution is 6.08. The minimum Gasteiger partial charge on any atom is -0.364 e. The highest BCUT2D eigenvalue weighted by Crippen LogP contribution is 2.43. The number of primary amides is 1. The van der Waals surface area contributed by atoms with Crippen molar-refractivity contribution < 1.29 is 14.4 Å². The third-order valence-corrected chi connectivity index (χ3v) is 7.96. The highest BCUT2D eigenvalue weighted by atomic mass is 16.2. The van der Waals surface area contributed by atoms with Gasteiger partial charge in [-0.2, -0.15) is 0 Å². The predicted molar refractivity (Wildman–Crippen MR) is 142 cm³/mol. The SMILES string of the molecule is CC(C)(C)[C@@H](C(=O)N1C[C@@H]2C[C@@]1(C(=O)c1cc3ccccc3[nH]1)CN2)n1c(C(N)=O)cc2ccccc21. The quantitative estimate of drug-likeness (QED) is 0.365. The Morgan fingerprint density at radius 1 is 1.03 bits per heavy atom. The second kappa shape index (κ2) is 8.05. The summed E-state index contributed by atoms with van der Waals surface area (Å²) in [4.78, 5) is 46.3. The van der Waals surface area contributed by atoms with Crippen LogP contribution in [0.3, 0.4) is 0 Å². The van der Waals surface area contributed by atoms with Gasteiger partial charge in [0.2, 0.25) is 11.7 Å². The average Bonchev–Trinajstić information content (AvgIpc) is 3.63. The van der Waals surface area contributed by atoms with Crippen LogP contribution in [0.2, 0.25) is 0 Å². The lowest BCUT2D eigenvalue weighted by molar-refractivity contribution is -0.141. The number of amides is 2. The van der Waals surface area contributed by atoms with Crippen molar-refractivity contribution in [3.05, 3.63) is 72.1 Å².